The number of hydrogen-bond acceptors (Lipinski definition) is 4. The number of carboxylic acid groups (broad SMARTS) is 1. The molecule has 1 amide bonds. The van der Waals surface area contributed by atoms with Crippen LogP contribution < -0.4 is 5.32 Å². The lowest BCUT2D eigenvalue weighted by atomic mass is 10.0. The molecule has 0 saturated carbocycles. The molecule has 0 bridgehead atoms. The number of rotatable bonds is 5. The molecule has 0 radical (unpaired) electrons. The molecule has 1 rings (SSSR count). The fourth-order valence-corrected chi connectivity index (χ4v) is 1.95. The second-order valence-electron chi connectivity index (χ2n) is 6.15. The van der Waals surface area contributed by atoms with Crippen molar-refractivity contribution < 1.29 is 19.4 Å². The fourth-order valence-electron chi connectivity index (χ4n) is 1.79. The Morgan fingerprint density at radius 3 is 2.64 bits per heavy atom. The molecule has 1 unspecified atom stereocenters. The van der Waals surface area contributed by atoms with Gasteiger partial charge in [0.05, 0.1) is 16.3 Å². The molecule has 6 nitrogen and oxygen atoms in total. The summed E-state index contributed by atoms with van der Waals surface area (Å²) >= 11 is 5.76. The molecule has 0 spiro atoms. The van der Waals surface area contributed by atoms with E-state index in [-0.39, 0.29) is 16.5 Å². The second kappa shape index (κ2) is 7.45. The Morgan fingerprint density at radius 2 is 2.09 bits per heavy atom. The molecule has 0 aliphatic carbocycles. The molecule has 1 aromatic heterocycles. The maximum atomic E-state index is 11.6. The van der Waals surface area contributed by atoms with E-state index in [0.29, 0.717) is 18.7 Å². The van der Waals surface area contributed by atoms with Crippen molar-refractivity contribution in [3.8, 4) is 0 Å². The van der Waals surface area contributed by atoms with Gasteiger partial charge in [-0.05, 0) is 39.2 Å². The molecule has 0 fully saturated rings. The third kappa shape index (κ3) is 6.30. The van der Waals surface area contributed by atoms with Crippen LogP contribution in [0, 0.1) is 5.92 Å². The van der Waals surface area contributed by atoms with E-state index in [1.54, 1.807) is 20.8 Å². The number of hydrogen-bond donors (Lipinski definition) is 2. The number of halogens is 1. The predicted molar refractivity (Wildman–Crippen MR) is 83.3 cm³/mol. The van der Waals surface area contributed by atoms with Crippen LogP contribution in [0.5, 0.6) is 0 Å². The molecule has 2 N–H and O–H groups in total. The average Bonchev–Trinajstić information content (AvgIpc) is 2.36. The third-order valence-electron chi connectivity index (χ3n) is 2.70. The van der Waals surface area contributed by atoms with Gasteiger partial charge in [0, 0.05) is 12.7 Å². The summed E-state index contributed by atoms with van der Waals surface area (Å²) in [6, 6.07) is 1.38. The van der Waals surface area contributed by atoms with Crippen molar-refractivity contribution >= 4 is 23.7 Å². The summed E-state index contributed by atoms with van der Waals surface area (Å²) in [7, 11) is 0. The number of carboxylic acids is 1. The van der Waals surface area contributed by atoms with E-state index in [9.17, 15) is 9.59 Å². The van der Waals surface area contributed by atoms with Crippen LogP contribution in [0.1, 0.15) is 43.7 Å². The lowest BCUT2D eigenvalue weighted by Gasteiger charge is -2.21. The van der Waals surface area contributed by atoms with Crippen LogP contribution in [0.3, 0.4) is 0 Å². The van der Waals surface area contributed by atoms with Crippen LogP contribution >= 0.6 is 11.6 Å². The Hall–Kier alpha value is -1.82. The lowest BCUT2D eigenvalue weighted by molar-refractivity contribution is 0.0519. The fraction of sp³-hybridized carbons (Fsp3) is 0.533. The zero-order valence-electron chi connectivity index (χ0n) is 13.1. The van der Waals surface area contributed by atoms with Gasteiger partial charge in [-0.3, -0.25) is 4.98 Å². The highest BCUT2D eigenvalue weighted by molar-refractivity contribution is 6.30. The minimum absolute atomic E-state index is 0.000654. The molecule has 22 heavy (non-hydrogen) atoms. The van der Waals surface area contributed by atoms with Crippen molar-refractivity contribution in [3.05, 3.63) is 28.5 Å². The maximum Gasteiger partial charge on any atom is 0.407 e. The number of alkyl carbamates (subject to hydrolysis) is 1. The Bertz CT molecular complexity index is 555. The van der Waals surface area contributed by atoms with Gasteiger partial charge in [-0.1, -0.05) is 18.5 Å². The number of aromatic nitrogens is 1. The zero-order chi connectivity index (χ0) is 16.9. The van der Waals surface area contributed by atoms with E-state index >= 15 is 0 Å². The number of carbonyl (C=O) groups is 2. The first-order valence-electron chi connectivity index (χ1n) is 6.93. The van der Waals surface area contributed by atoms with Crippen LogP contribution in [0.2, 0.25) is 5.02 Å². The summed E-state index contributed by atoms with van der Waals surface area (Å²) in [4.78, 5) is 26.8. The van der Waals surface area contributed by atoms with Gasteiger partial charge in [-0.25, -0.2) is 9.59 Å². The highest BCUT2D eigenvalue weighted by Gasteiger charge is 2.18. The van der Waals surface area contributed by atoms with Gasteiger partial charge in [-0.15, -0.1) is 0 Å². The zero-order valence-corrected chi connectivity index (χ0v) is 13.9. The van der Waals surface area contributed by atoms with Crippen molar-refractivity contribution in [1.82, 2.24) is 10.3 Å². The smallest absolute Gasteiger partial charge is 0.407 e. The summed E-state index contributed by atoms with van der Waals surface area (Å²) in [5.74, 6) is -1.07. The number of pyridine rings is 1. The third-order valence-corrected chi connectivity index (χ3v) is 2.91. The average molecular weight is 329 g/mol. The number of ether oxygens (including phenoxy) is 1. The lowest BCUT2D eigenvalue weighted by Crippen LogP contribution is -2.35. The molecule has 122 valence electrons. The number of carbonyl (C=O) groups excluding carboxylic acids is 1. The van der Waals surface area contributed by atoms with Crippen molar-refractivity contribution in [3.63, 3.8) is 0 Å². The van der Waals surface area contributed by atoms with Gasteiger partial charge < -0.3 is 15.2 Å². The van der Waals surface area contributed by atoms with Crippen molar-refractivity contribution in [2.24, 2.45) is 5.92 Å². The number of nitrogens with zero attached hydrogens (tertiary/aromatic N) is 1. The van der Waals surface area contributed by atoms with Gasteiger partial charge in [0.15, 0.2) is 0 Å². The van der Waals surface area contributed by atoms with E-state index < -0.39 is 17.7 Å². The standard InChI is InChI=1S/C15H21ClN2O4/c1-9(7-18-14(21)22-15(2,3)4)5-12-11(13(19)20)6-10(16)8-17-12/h6,8-9H,5,7H2,1-4H3,(H,18,21)(H,19,20). The summed E-state index contributed by atoms with van der Waals surface area (Å²) < 4.78 is 5.14. The first kappa shape index (κ1) is 18.2. The minimum atomic E-state index is -1.07. The van der Waals surface area contributed by atoms with Crippen molar-refractivity contribution in [2.75, 3.05) is 6.54 Å². The van der Waals surface area contributed by atoms with Gasteiger partial charge in [0.2, 0.25) is 0 Å². The highest BCUT2D eigenvalue weighted by Crippen LogP contribution is 2.16. The van der Waals surface area contributed by atoms with E-state index in [2.05, 4.69) is 10.3 Å². The Balaban J connectivity index is 2.61. The highest BCUT2D eigenvalue weighted by atomic mass is 35.5. The first-order chi connectivity index (χ1) is 10.1. The monoisotopic (exact) mass is 328 g/mol. The van der Waals surface area contributed by atoms with Gasteiger partial charge in [-0.2, -0.15) is 0 Å². The predicted octanol–water partition coefficient (Wildman–Crippen LogP) is 3.14. The summed E-state index contributed by atoms with van der Waals surface area (Å²) in [6.07, 6.45) is 1.33. The molecule has 0 aromatic carbocycles. The van der Waals surface area contributed by atoms with Crippen LogP contribution in [0.25, 0.3) is 0 Å². The quantitative estimate of drug-likeness (QED) is 0.866. The Morgan fingerprint density at radius 1 is 1.45 bits per heavy atom. The van der Waals surface area contributed by atoms with Crippen LogP contribution in [-0.2, 0) is 11.2 Å². The molecule has 0 aliphatic heterocycles. The molecule has 0 saturated heterocycles. The van der Waals surface area contributed by atoms with Gasteiger partial charge >= 0.3 is 12.1 Å². The molecule has 1 aromatic rings. The number of aromatic carboxylic acids is 1. The van der Waals surface area contributed by atoms with E-state index in [1.165, 1.54) is 12.3 Å². The minimum Gasteiger partial charge on any atom is -0.478 e. The topological polar surface area (TPSA) is 88.5 Å². The van der Waals surface area contributed by atoms with Crippen molar-refractivity contribution in [1.29, 1.82) is 0 Å². The SMILES string of the molecule is CC(CNC(=O)OC(C)(C)C)Cc1ncc(Cl)cc1C(=O)O. The van der Waals surface area contributed by atoms with Crippen LogP contribution in [0.4, 0.5) is 4.79 Å². The largest absolute Gasteiger partial charge is 0.478 e. The first-order valence-corrected chi connectivity index (χ1v) is 7.31. The molecule has 0 aliphatic rings. The Labute approximate surface area is 134 Å². The molecular formula is C15H21ClN2O4. The number of nitrogens with one attached hydrogen (secondary N) is 1. The van der Waals surface area contributed by atoms with E-state index in [1.807, 2.05) is 6.92 Å². The van der Waals surface area contributed by atoms with Gasteiger partial charge in [0.1, 0.15) is 5.60 Å². The number of amides is 1. The molecule has 1 heterocycles. The molecular weight excluding hydrogens is 308 g/mol. The second-order valence-corrected chi connectivity index (χ2v) is 6.58. The van der Waals surface area contributed by atoms with Crippen molar-refractivity contribution in [2.45, 2.75) is 39.7 Å². The normalized spacial score (nSPS) is 12.6. The maximum absolute atomic E-state index is 11.6. The van der Waals surface area contributed by atoms with Crippen LogP contribution in [0.15, 0.2) is 12.3 Å². The van der Waals surface area contributed by atoms with Crippen LogP contribution in [-0.4, -0.2) is 34.3 Å². The van der Waals surface area contributed by atoms with E-state index in [4.69, 9.17) is 21.4 Å². The summed E-state index contributed by atoms with van der Waals surface area (Å²) in [6.45, 7) is 7.60. The van der Waals surface area contributed by atoms with Gasteiger partial charge in [0.25, 0.3) is 0 Å². The Kier molecular flexibility index (Phi) is 6.17. The summed E-state index contributed by atoms with van der Waals surface area (Å²) in [5.41, 5.74) is -0.0337. The molecule has 1 atom stereocenters. The van der Waals surface area contributed by atoms with E-state index in [0.717, 1.165) is 0 Å². The summed E-state index contributed by atoms with van der Waals surface area (Å²) in [5, 5.41) is 12.1. The molecule has 7 heteroatoms.